The van der Waals surface area contributed by atoms with Crippen LogP contribution in [0.15, 0.2) is 24.4 Å². The van der Waals surface area contributed by atoms with Gasteiger partial charge in [0.25, 0.3) is 0 Å². The Bertz CT molecular complexity index is 488. The van der Waals surface area contributed by atoms with E-state index in [1.54, 1.807) is 6.92 Å². The average Bonchev–Trinajstić information content (AvgIpc) is 2.43. The number of aromatic nitrogens is 1. The Morgan fingerprint density at radius 1 is 1.47 bits per heavy atom. The van der Waals surface area contributed by atoms with Gasteiger partial charge in [-0.25, -0.2) is 0 Å². The summed E-state index contributed by atoms with van der Waals surface area (Å²) in [6.07, 6.45) is 2.20. The highest BCUT2D eigenvalue weighted by atomic mass is 35.5. The smallest absolute Gasteiger partial charge is 0.0664 e. The van der Waals surface area contributed by atoms with Crippen LogP contribution in [0.1, 0.15) is 12.5 Å². The molecule has 1 aromatic carbocycles. The summed E-state index contributed by atoms with van der Waals surface area (Å²) >= 11 is 6.16. The van der Waals surface area contributed by atoms with Crippen molar-refractivity contribution in [2.75, 3.05) is 0 Å². The van der Waals surface area contributed by atoms with Crippen LogP contribution in [0, 0.1) is 0 Å². The lowest BCUT2D eigenvalue weighted by molar-refractivity contribution is 0.196. The molecule has 1 aromatic heterocycles. The highest BCUT2D eigenvalue weighted by Crippen LogP contribution is 2.29. The largest absolute Gasteiger partial charge is 0.393 e. The molecular weight excluding hydrogens is 210 g/mol. The Hall–Kier alpha value is -0.990. The molecule has 1 atom stereocenters. The molecule has 0 spiro atoms. The van der Waals surface area contributed by atoms with Crippen LogP contribution in [0.4, 0.5) is 0 Å². The Morgan fingerprint density at radius 2 is 2.20 bits per heavy atom. The van der Waals surface area contributed by atoms with Gasteiger partial charge < -0.3 is 9.67 Å². The predicted molar refractivity (Wildman–Crippen MR) is 63.3 cm³/mol. The minimum absolute atomic E-state index is 0.341. The van der Waals surface area contributed by atoms with E-state index in [-0.39, 0.29) is 6.10 Å². The van der Waals surface area contributed by atoms with E-state index in [0.717, 1.165) is 21.5 Å². The molecule has 0 saturated carbocycles. The molecule has 15 heavy (non-hydrogen) atoms. The van der Waals surface area contributed by atoms with Gasteiger partial charge >= 0.3 is 0 Å². The zero-order chi connectivity index (χ0) is 11.0. The minimum Gasteiger partial charge on any atom is -0.393 e. The normalized spacial score (nSPS) is 13.3. The van der Waals surface area contributed by atoms with Gasteiger partial charge in [0.1, 0.15) is 0 Å². The van der Waals surface area contributed by atoms with Crippen LogP contribution in [0.5, 0.6) is 0 Å². The molecule has 1 unspecified atom stereocenters. The molecule has 2 nitrogen and oxygen atoms in total. The second-order valence-electron chi connectivity index (χ2n) is 3.95. The van der Waals surface area contributed by atoms with Crippen molar-refractivity contribution >= 4 is 22.5 Å². The van der Waals surface area contributed by atoms with Crippen molar-refractivity contribution in [3.8, 4) is 0 Å². The van der Waals surface area contributed by atoms with Crippen molar-refractivity contribution in [1.29, 1.82) is 0 Å². The molecule has 2 rings (SSSR count). The molecule has 1 N–H and O–H groups in total. The first-order valence-corrected chi connectivity index (χ1v) is 5.38. The third-order valence-electron chi connectivity index (χ3n) is 2.57. The van der Waals surface area contributed by atoms with Crippen LogP contribution < -0.4 is 0 Å². The van der Waals surface area contributed by atoms with Gasteiger partial charge in [-0.2, -0.15) is 0 Å². The molecule has 3 heteroatoms. The third-order valence-corrected chi connectivity index (χ3v) is 2.86. The highest BCUT2D eigenvalue weighted by Gasteiger charge is 2.10. The van der Waals surface area contributed by atoms with Gasteiger partial charge in [-0.1, -0.05) is 23.7 Å². The quantitative estimate of drug-likeness (QED) is 0.832. The van der Waals surface area contributed by atoms with E-state index in [4.69, 9.17) is 11.6 Å². The standard InChI is InChI=1S/C12H14ClNO/c1-8(15)6-9-4-3-5-11-12(9)10(13)7-14(11)2/h3-5,7-8,15H,6H2,1-2H3. The first-order valence-electron chi connectivity index (χ1n) is 5.00. The summed E-state index contributed by atoms with van der Waals surface area (Å²) in [6, 6.07) is 6.05. The van der Waals surface area contributed by atoms with Gasteiger partial charge in [0.05, 0.1) is 11.1 Å². The Balaban J connectivity index is 2.64. The van der Waals surface area contributed by atoms with E-state index in [0.29, 0.717) is 6.42 Å². The van der Waals surface area contributed by atoms with Crippen LogP contribution in [-0.4, -0.2) is 15.8 Å². The summed E-state index contributed by atoms with van der Waals surface area (Å²) < 4.78 is 2.00. The van der Waals surface area contributed by atoms with Crippen LogP contribution in [0.3, 0.4) is 0 Å². The number of hydrogen-bond acceptors (Lipinski definition) is 1. The van der Waals surface area contributed by atoms with Crippen molar-refractivity contribution in [2.24, 2.45) is 7.05 Å². The van der Waals surface area contributed by atoms with Crippen molar-refractivity contribution in [1.82, 2.24) is 4.57 Å². The number of aryl methyl sites for hydroxylation is 1. The van der Waals surface area contributed by atoms with Crippen LogP contribution >= 0.6 is 11.6 Å². The van der Waals surface area contributed by atoms with E-state index in [1.807, 2.05) is 36.0 Å². The van der Waals surface area contributed by atoms with E-state index in [2.05, 4.69) is 0 Å². The van der Waals surface area contributed by atoms with Crippen LogP contribution in [-0.2, 0) is 13.5 Å². The lowest BCUT2D eigenvalue weighted by atomic mass is 10.0. The maximum atomic E-state index is 9.41. The second-order valence-corrected chi connectivity index (χ2v) is 4.36. The second kappa shape index (κ2) is 3.87. The van der Waals surface area contributed by atoms with Gasteiger partial charge in [0.2, 0.25) is 0 Å². The zero-order valence-corrected chi connectivity index (χ0v) is 9.62. The van der Waals surface area contributed by atoms with Crippen molar-refractivity contribution in [3.63, 3.8) is 0 Å². The molecular formula is C12H14ClNO. The number of fused-ring (bicyclic) bond motifs is 1. The van der Waals surface area contributed by atoms with Crippen molar-refractivity contribution in [2.45, 2.75) is 19.4 Å². The molecule has 0 saturated heterocycles. The summed E-state index contributed by atoms with van der Waals surface area (Å²) in [5.74, 6) is 0. The third kappa shape index (κ3) is 1.87. The summed E-state index contributed by atoms with van der Waals surface area (Å²) in [5.41, 5.74) is 2.21. The van der Waals surface area contributed by atoms with E-state index < -0.39 is 0 Å². The van der Waals surface area contributed by atoms with Gasteiger partial charge in [0, 0.05) is 24.1 Å². The molecule has 2 aromatic rings. The molecule has 1 heterocycles. The number of aliphatic hydroxyl groups excluding tert-OH is 1. The maximum Gasteiger partial charge on any atom is 0.0664 e. The molecule has 80 valence electrons. The van der Waals surface area contributed by atoms with E-state index >= 15 is 0 Å². The first-order chi connectivity index (χ1) is 7.09. The predicted octanol–water partition coefficient (Wildman–Crippen LogP) is 2.76. The minimum atomic E-state index is -0.341. The average molecular weight is 224 g/mol. The Labute approximate surface area is 94.1 Å². The molecule has 0 fully saturated rings. The van der Waals surface area contributed by atoms with E-state index in [1.165, 1.54) is 0 Å². The number of aliphatic hydroxyl groups is 1. The molecule has 0 amide bonds. The number of benzene rings is 1. The lowest BCUT2D eigenvalue weighted by Crippen LogP contribution is -2.04. The fourth-order valence-electron chi connectivity index (χ4n) is 1.95. The Morgan fingerprint density at radius 3 is 2.87 bits per heavy atom. The summed E-state index contributed by atoms with van der Waals surface area (Å²) in [7, 11) is 1.97. The summed E-state index contributed by atoms with van der Waals surface area (Å²) in [4.78, 5) is 0. The number of nitrogens with zero attached hydrogens (tertiary/aromatic N) is 1. The molecule has 0 aliphatic heterocycles. The summed E-state index contributed by atoms with van der Waals surface area (Å²) in [6.45, 7) is 1.79. The molecule has 0 aliphatic carbocycles. The Kier molecular flexibility index (Phi) is 2.72. The molecule has 0 aliphatic rings. The maximum absolute atomic E-state index is 9.41. The fourth-order valence-corrected chi connectivity index (χ4v) is 2.31. The van der Waals surface area contributed by atoms with Gasteiger partial charge in [-0.15, -0.1) is 0 Å². The van der Waals surface area contributed by atoms with E-state index in [9.17, 15) is 5.11 Å². The van der Waals surface area contributed by atoms with Crippen LogP contribution in [0.25, 0.3) is 10.9 Å². The van der Waals surface area contributed by atoms with Crippen LogP contribution in [0.2, 0.25) is 5.02 Å². The summed E-state index contributed by atoms with van der Waals surface area (Å²) in [5, 5.41) is 11.2. The first kappa shape index (κ1) is 10.5. The van der Waals surface area contributed by atoms with Gasteiger partial charge in [-0.3, -0.25) is 0 Å². The highest BCUT2D eigenvalue weighted by molar-refractivity contribution is 6.35. The van der Waals surface area contributed by atoms with Crippen molar-refractivity contribution < 1.29 is 5.11 Å². The lowest BCUT2D eigenvalue weighted by Gasteiger charge is -2.06. The number of hydrogen-bond donors (Lipinski definition) is 1. The molecule has 0 bridgehead atoms. The zero-order valence-electron chi connectivity index (χ0n) is 8.87. The van der Waals surface area contributed by atoms with Gasteiger partial charge in [-0.05, 0) is 25.0 Å². The topological polar surface area (TPSA) is 25.2 Å². The number of halogens is 1. The monoisotopic (exact) mass is 223 g/mol. The number of rotatable bonds is 2. The van der Waals surface area contributed by atoms with Crippen molar-refractivity contribution in [3.05, 3.63) is 35.0 Å². The molecule has 0 radical (unpaired) electrons. The SMILES string of the molecule is CC(O)Cc1cccc2c1c(Cl)cn2C. The van der Waals surface area contributed by atoms with Gasteiger partial charge in [0.15, 0.2) is 0 Å². The fraction of sp³-hybridized carbons (Fsp3) is 0.333.